The number of amides is 2. The molecule has 0 unspecified atom stereocenters. The van der Waals surface area contributed by atoms with Crippen LogP contribution >= 0.6 is 23.2 Å². The normalized spacial score (nSPS) is 15.1. The van der Waals surface area contributed by atoms with Crippen molar-refractivity contribution in [3.05, 3.63) is 39.9 Å². The Hall–Kier alpha value is -2.12. The van der Waals surface area contributed by atoms with E-state index in [0.717, 1.165) is 12.8 Å². The molecule has 144 valence electrons. The predicted octanol–water partition coefficient (Wildman–Crippen LogP) is 2.86. The Bertz CT molecular complexity index is 839. The summed E-state index contributed by atoms with van der Waals surface area (Å²) in [6.45, 7) is 3.04. The molecule has 1 fully saturated rings. The lowest BCUT2D eigenvalue weighted by molar-refractivity contribution is -0.119. The van der Waals surface area contributed by atoms with E-state index in [-0.39, 0.29) is 23.6 Å². The molecule has 2 heterocycles. The van der Waals surface area contributed by atoms with Gasteiger partial charge in [-0.2, -0.15) is 0 Å². The molecule has 0 bridgehead atoms. The Balaban J connectivity index is 1.81. The van der Waals surface area contributed by atoms with E-state index in [1.165, 1.54) is 4.68 Å². The molecule has 0 atom stereocenters. The molecule has 3 rings (SSSR count). The fraction of sp³-hybridized carbons (Fsp3) is 0.444. The van der Waals surface area contributed by atoms with Crippen LogP contribution in [0.4, 0.5) is 0 Å². The highest BCUT2D eigenvalue weighted by Gasteiger charge is 2.28. The lowest BCUT2D eigenvalue weighted by Crippen LogP contribution is -2.39. The van der Waals surface area contributed by atoms with E-state index in [9.17, 15) is 9.59 Å². The smallest absolute Gasteiger partial charge is 0.293 e. The summed E-state index contributed by atoms with van der Waals surface area (Å²) in [7, 11) is 0. The van der Waals surface area contributed by atoms with Crippen molar-refractivity contribution in [3.8, 4) is 5.69 Å². The monoisotopic (exact) mass is 409 g/mol. The Kier molecular flexibility index (Phi) is 6.01. The van der Waals surface area contributed by atoms with Gasteiger partial charge in [0.25, 0.3) is 5.91 Å². The first-order valence-corrected chi connectivity index (χ1v) is 9.64. The third kappa shape index (κ3) is 4.25. The highest BCUT2D eigenvalue weighted by molar-refractivity contribution is 6.37. The van der Waals surface area contributed by atoms with Crippen LogP contribution in [-0.4, -0.2) is 44.6 Å². The van der Waals surface area contributed by atoms with Crippen molar-refractivity contribution < 1.29 is 9.59 Å². The lowest BCUT2D eigenvalue weighted by Gasteiger charge is -2.30. The third-order valence-electron chi connectivity index (χ3n) is 4.72. The highest BCUT2D eigenvalue weighted by Crippen LogP contribution is 2.29. The van der Waals surface area contributed by atoms with Gasteiger partial charge in [0.15, 0.2) is 0 Å². The zero-order valence-electron chi connectivity index (χ0n) is 15.0. The molecule has 2 N–H and O–H groups in total. The van der Waals surface area contributed by atoms with Crippen molar-refractivity contribution >= 4 is 35.0 Å². The minimum atomic E-state index is -0.301. The van der Waals surface area contributed by atoms with Crippen LogP contribution in [0, 0.1) is 5.92 Å². The molecule has 0 spiro atoms. The van der Waals surface area contributed by atoms with Crippen molar-refractivity contribution in [3.63, 3.8) is 0 Å². The van der Waals surface area contributed by atoms with E-state index in [1.54, 1.807) is 23.1 Å². The Morgan fingerprint density at radius 3 is 2.41 bits per heavy atom. The van der Waals surface area contributed by atoms with Crippen LogP contribution in [0.15, 0.2) is 18.2 Å². The number of para-hydroxylation sites is 1. The SMILES string of the molecule is CCc1nc(C(=O)N2CCC(CC(N)=O)CC2)nn1-c1c(Cl)cccc1Cl. The Morgan fingerprint density at radius 2 is 1.85 bits per heavy atom. The van der Waals surface area contributed by atoms with Crippen molar-refractivity contribution in [2.75, 3.05) is 13.1 Å². The molecular formula is C18H21Cl2N5O2. The van der Waals surface area contributed by atoms with Gasteiger partial charge in [0.05, 0.1) is 10.0 Å². The Labute approximate surface area is 167 Å². The third-order valence-corrected chi connectivity index (χ3v) is 5.33. The average molecular weight is 410 g/mol. The van der Waals surface area contributed by atoms with E-state index in [2.05, 4.69) is 10.1 Å². The van der Waals surface area contributed by atoms with Crippen LogP contribution in [0.5, 0.6) is 0 Å². The van der Waals surface area contributed by atoms with Gasteiger partial charge in [-0.05, 0) is 30.9 Å². The number of nitrogens with two attached hydrogens (primary N) is 1. The lowest BCUT2D eigenvalue weighted by atomic mass is 9.93. The zero-order chi connectivity index (χ0) is 19.6. The number of carbonyl (C=O) groups is 2. The molecule has 27 heavy (non-hydrogen) atoms. The van der Waals surface area contributed by atoms with E-state index in [0.29, 0.717) is 47.5 Å². The summed E-state index contributed by atoms with van der Waals surface area (Å²) in [6, 6.07) is 5.18. The van der Waals surface area contributed by atoms with Gasteiger partial charge in [-0.3, -0.25) is 9.59 Å². The number of aryl methyl sites for hydroxylation is 1. The fourth-order valence-electron chi connectivity index (χ4n) is 3.30. The molecule has 7 nitrogen and oxygen atoms in total. The molecule has 0 radical (unpaired) electrons. The number of benzene rings is 1. The maximum atomic E-state index is 12.8. The van der Waals surface area contributed by atoms with Crippen LogP contribution in [0.25, 0.3) is 5.69 Å². The summed E-state index contributed by atoms with van der Waals surface area (Å²) < 4.78 is 1.54. The van der Waals surface area contributed by atoms with Gasteiger partial charge in [0, 0.05) is 25.9 Å². The van der Waals surface area contributed by atoms with Crippen molar-refractivity contribution in [1.29, 1.82) is 0 Å². The van der Waals surface area contributed by atoms with Gasteiger partial charge in [-0.25, -0.2) is 9.67 Å². The maximum absolute atomic E-state index is 12.8. The fourth-order valence-corrected chi connectivity index (χ4v) is 3.86. The topological polar surface area (TPSA) is 94.1 Å². The minimum absolute atomic E-state index is 0.121. The summed E-state index contributed by atoms with van der Waals surface area (Å²) in [4.78, 5) is 30.0. The summed E-state index contributed by atoms with van der Waals surface area (Å²) in [5, 5.41) is 5.26. The summed E-state index contributed by atoms with van der Waals surface area (Å²) in [5.41, 5.74) is 5.78. The number of piperidine rings is 1. The van der Waals surface area contributed by atoms with Gasteiger partial charge >= 0.3 is 0 Å². The van der Waals surface area contributed by atoms with Gasteiger partial charge in [-0.1, -0.05) is 36.2 Å². The van der Waals surface area contributed by atoms with Gasteiger partial charge in [0.1, 0.15) is 11.5 Å². The molecule has 1 aromatic carbocycles. The second-order valence-electron chi connectivity index (χ2n) is 6.59. The number of likely N-dealkylation sites (tertiary alicyclic amines) is 1. The number of aromatic nitrogens is 3. The number of hydrogen-bond donors (Lipinski definition) is 1. The van der Waals surface area contributed by atoms with Crippen LogP contribution < -0.4 is 5.73 Å². The van der Waals surface area contributed by atoms with Gasteiger partial charge in [-0.15, -0.1) is 5.10 Å². The zero-order valence-corrected chi connectivity index (χ0v) is 16.5. The highest BCUT2D eigenvalue weighted by atomic mass is 35.5. The first-order valence-electron chi connectivity index (χ1n) is 8.88. The molecule has 0 saturated carbocycles. The van der Waals surface area contributed by atoms with Gasteiger partial charge < -0.3 is 10.6 Å². The minimum Gasteiger partial charge on any atom is -0.370 e. The van der Waals surface area contributed by atoms with Crippen LogP contribution in [-0.2, 0) is 11.2 Å². The first-order chi connectivity index (χ1) is 12.9. The molecule has 1 aromatic heterocycles. The molecule has 1 saturated heterocycles. The molecule has 0 aliphatic carbocycles. The van der Waals surface area contributed by atoms with E-state index < -0.39 is 0 Å². The van der Waals surface area contributed by atoms with Crippen LogP contribution in [0.2, 0.25) is 10.0 Å². The second kappa shape index (κ2) is 8.27. The second-order valence-corrected chi connectivity index (χ2v) is 7.41. The molecule has 2 aromatic rings. The van der Waals surface area contributed by atoms with Crippen LogP contribution in [0.1, 0.15) is 42.6 Å². The number of nitrogens with zero attached hydrogens (tertiary/aromatic N) is 4. The van der Waals surface area contributed by atoms with E-state index in [1.807, 2.05) is 6.92 Å². The summed E-state index contributed by atoms with van der Waals surface area (Å²) >= 11 is 12.6. The first kappa shape index (κ1) is 19.6. The average Bonchev–Trinajstić information content (AvgIpc) is 3.05. The quantitative estimate of drug-likeness (QED) is 0.820. The number of hydrogen-bond acceptors (Lipinski definition) is 4. The predicted molar refractivity (Wildman–Crippen MR) is 103 cm³/mol. The number of primary amides is 1. The molecule has 1 aliphatic heterocycles. The summed E-state index contributed by atoms with van der Waals surface area (Å²) in [5.74, 6) is 0.423. The Morgan fingerprint density at radius 1 is 1.22 bits per heavy atom. The number of rotatable bonds is 5. The van der Waals surface area contributed by atoms with Crippen LogP contribution in [0.3, 0.4) is 0 Å². The summed E-state index contributed by atoms with van der Waals surface area (Å²) in [6.07, 6.45) is 2.42. The molecule has 2 amide bonds. The maximum Gasteiger partial charge on any atom is 0.293 e. The largest absolute Gasteiger partial charge is 0.370 e. The van der Waals surface area contributed by atoms with Gasteiger partial charge in [0.2, 0.25) is 11.7 Å². The van der Waals surface area contributed by atoms with Crippen molar-refractivity contribution in [2.45, 2.75) is 32.6 Å². The number of halogens is 2. The number of carbonyl (C=O) groups excluding carboxylic acids is 2. The molecular weight excluding hydrogens is 389 g/mol. The molecule has 9 heteroatoms. The van der Waals surface area contributed by atoms with E-state index in [4.69, 9.17) is 28.9 Å². The molecule has 1 aliphatic rings. The van der Waals surface area contributed by atoms with Crippen molar-refractivity contribution in [1.82, 2.24) is 19.7 Å². The van der Waals surface area contributed by atoms with Crippen molar-refractivity contribution in [2.24, 2.45) is 11.7 Å². The standard InChI is InChI=1S/C18H21Cl2N5O2/c1-2-15-22-17(23-25(15)16-12(19)4-3-5-13(16)20)18(27)24-8-6-11(7-9-24)10-14(21)26/h3-5,11H,2,6-10H2,1H3,(H2,21,26). The van der Waals surface area contributed by atoms with E-state index >= 15 is 0 Å².